The highest BCUT2D eigenvalue weighted by atomic mass is 32.1. The molecule has 1 nitrogen and oxygen atoms in total. The molecule has 2 heterocycles. The third kappa shape index (κ3) is 2.48. The summed E-state index contributed by atoms with van der Waals surface area (Å²) in [5.74, 6) is 0.488. The summed E-state index contributed by atoms with van der Waals surface area (Å²) in [6, 6.07) is 6.47. The maximum absolute atomic E-state index is 5.84. The van der Waals surface area contributed by atoms with E-state index < -0.39 is 0 Å². The molecule has 2 aromatic heterocycles. The number of hydrogen-bond acceptors (Lipinski definition) is 3. The molecule has 0 bridgehead atoms. The van der Waals surface area contributed by atoms with Crippen LogP contribution in [-0.4, -0.2) is 6.54 Å². The minimum Gasteiger partial charge on any atom is -0.330 e. The van der Waals surface area contributed by atoms with Gasteiger partial charge in [-0.2, -0.15) is 0 Å². The predicted molar refractivity (Wildman–Crippen MR) is 68.9 cm³/mol. The number of nitrogens with two attached hydrogens (primary N) is 1. The summed E-state index contributed by atoms with van der Waals surface area (Å²) < 4.78 is 0. The van der Waals surface area contributed by atoms with Gasteiger partial charge in [-0.25, -0.2) is 0 Å². The van der Waals surface area contributed by atoms with Gasteiger partial charge >= 0.3 is 0 Å². The average Bonchev–Trinajstić information content (AvgIpc) is 2.86. The van der Waals surface area contributed by atoms with Crippen molar-refractivity contribution < 1.29 is 0 Å². The summed E-state index contributed by atoms with van der Waals surface area (Å²) >= 11 is 3.65. The molecular weight excluding hydrogens is 222 g/mol. The van der Waals surface area contributed by atoms with E-state index in [1.54, 1.807) is 0 Å². The highest BCUT2D eigenvalue weighted by Gasteiger charge is 2.13. The topological polar surface area (TPSA) is 26.0 Å². The van der Waals surface area contributed by atoms with Crippen LogP contribution in [-0.2, 0) is 6.42 Å². The van der Waals surface area contributed by atoms with E-state index in [1.165, 1.54) is 15.3 Å². The summed E-state index contributed by atoms with van der Waals surface area (Å²) in [5.41, 5.74) is 7.24. The van der Waals surface area contributed by atoms with E-state index in [0.29, 0.717) is 5.92 Å². The van der Waals surface area contributed by atoms with Gasteiger partial charge in [0.1, 0.15) is 0 Å². The Bertz CT molecular complexity index is 403. The summed E-state index contributed by atoms with van der Waals surface area (Å²) in [6.45, 7) is 2.91. The molecule has 0 fully saturated rings. The molecular formula is C12H15NS2. The first kappa shape index (κ1) is 10.9. The Morgan fingerprint density at radius 1 is 1.27 bits per heavy atom. The van der Waals surface area contributed by atoms with E-state index in [2.05, 4.69) is 35.9 Å². The minimum atomic E-state index is 0.488. The standard InChI is InChI=1S/C12H15NS2/c1-9-4-6-15-12(9)7-10(8-13)11-3-2-5-14-11/h2-6,10H,7-8,13H2,1H3. The summed E-state index contributed by atoms with van der Waals surface area (Å²) in [5, 5.41) is 4.28. The van der Waals surface area contributed by atoms with Gasteiger partial charge in [-0.05, 0) is 41.8 Å². The Hall–Kier alpha value is -0.640. The van der Waals surface area contributed by atoms with Crippen LogP contribution in [0.2, 0.25) is 0 Å². The van der Waals surface area contributed by atoms with E-state index in [4.69, 9.17) is 5.73 Å². The first-order chi connectivity index (χ1) is 7.31. The molecule has 0 spiro atoms. The number of thiophene rings is 2. The first-order valence-corrected chi connectivity index (χ1v) is 6.83. The van der Waals surface area contributed by atoms with Crippen molar-refractivity contribution in [2.45, 2.75) is 19.3 Å². The summed E-state index contributed by atoms with van der Waals surface area (Å²) in [4.78, 5) is 2.88. The lowest BCUT2D eigenvalue weighted by Crippen LogP contribution is -2.13. The van der Waals surface area contributed by atoms with Gasteiger partial charge in [0.2, 0.25) is 0 Å². The Balaban J connectivity index is 2.13. The molecule has 1 atom stereocenters. The van der Waals surface area contributed by atoms with Gasteiger partial charge < -0.3 is 5.73 Å². The van der Waals surface area contributed by atoms with Gasteiger partial charge in [0.05, 0.1) is 0 Å². The van der Waals surface area contributed by atoms with Crippen molar-refractivity contribution in [1.29, 1.82) is 0 Å². The van der Waals surface area contributed by atoms with Crippen molar-refractivity contribution in [3.63, 3.8) is 0 Å². The van der Waals surface area contributed by atoms with Crippen LogP contribution in [0.4, 0.5) is 0 Å². The van der Waals surface area contributed by atoms with Crippen molar-refractivity contribution in [3.8, 4) is 0 Å². The first-order valence-electron chi connectivity index (χ1n) is 5.07. The number of hydrogen-bond donors (Lipinski definition) is 1. The highest BCUT2D eigenvalue weighted by Crippen LogP contribution is 2.27. The summed E-state index contributed by atoms with van der Waals surface area (Å²) in [6.07, 6.45) is 1.08. The fourth-order valence-electron chi connectivity index (χ4n) is 1.66. The monoisotopic (exact) mass is 237 g/mol. The van der Waals surface area contributed by atoms with Crippen LogP contribution >= 0.6 is 22.7 Å². The SMILES string of the molecule is Cc1ccsc1CC(CN)c1cccs1. The fraction of sp³-hybridized carbons (Fsp3) is 0.333. The molecule has 80 valence electrons. The molecule has 2 aromatic rings. The zero-order valence-electron chi connectivity index (χ0n) is 8.77. The third-order valence-electron chi connectivity index (χ3n) is 2.63. The van der Waals surface area contributed by atoms with Crippen LogP contribution < -0.4 is 5.73 Å². The molecule has 2 rings (SSSR count). The molecule has 15 heavy (non-hydrogen) atoms. The van der Waals surface area contributed by atoms with Gasteiger partial charge in [0.25, 0.3) is 0 Å². The lowest BCUT2D eigenvalue weighted by atomic mass is 10.0. The van der Waals surface area contributed by atoms with Gasteiger partial charge in [0.15, 0.2) is 0 Å². The van der Waals surface area contributed by atoms with Crippen molar-refractivity contribution in [2.75, 3.05) is 6.54 Å². The zero-order valence-corrected chi connectivity index (χ0v) is 10.4. The van der Waals surface area contributed by atoms with Gasteiger partial charge in [-0.15, -0.1) is 22.7 Å². The second-order valence-electron chi connectivity index (χ2n) is 3.68. The Labute approximate surface area is 98.6 Å². The normalized spacial score (nSPS) is 12.9. The van der Waals surface area contributed by atoms with E-state index in [-0.39, 0.29) is 0 Å². The van der Waals surface area contributed by atoms with Crippen LogP contribution in [0.15, 0.2) is 29.0 Å². The lowest BCUT2D eigenvalue weighted by Gasteiger charge is -2.12. The molecule has 0 aliphatic carbocycles. The van der Waals surface area contributed by atoms with E-state index in [9.17, 15) is 0 Å². The van der Waals surface area contributed by atoms with Gasteiger partial charge in [-0.1, -0.05) is 6.07 Å². The van der Waals surface area contributed by atoms with Crippen molar-refractivity contribution in [2.24, 2.45) is 5.73 Å². The molecule has 3 heteroatoms. The molecule has 0 aliphatic rings. The number of rotatable bonds is 4. The summed E-state index contributed by atoms with van der Waals surface area (Å²) in [7, 11) is 0. The molecule has 0 radical (unpaired) electrons. The smallest absolute Gasteiger partial charge is 0.0104 e. The van der Waals surface area contributed by atoms with Crippen molar-refractivity contribution >= 4 is 22.7 Å². The fourth-order valence-corrected chi connectivity index (χ4v) is 3.49. The van der Waals surface area contributed by atoms with Crippen molar-refractivity contribution in [3.05, 3.63) is 44.3 Å². The van der Waals surface area contributed by atoms with Crippen LogP contribution in [0.1, 0.15) is 21.2 Å². The molecule has 0 aromatic carbocycles. The second kappa shape index (κ2) is 4.92. The molecule has 1 unspecified atom stereocenters. The van der Waals surface area contributed by atoms with Gasteiger partial charge in [0, 0.05) is 22.2 Å². The van der Waals surface area contributed by atoms with Crippen LogP contribution in [0.3, 0.4) is 0 Å². The largest absolute Gasteiger partial charge is 0.330 e. The second-order valence-corrected chi connectivity index (χ2v) is 5.66. The highest BCUT2D eigenvalue weighted by molar-refractivity contribution is 7.10. The quantitative estimate of drug-likeness (QED) is 0.866. The maximum Gasteiger partial charge on any atom is 0.0104 e. The zero-order chi connectivity index (χ0) is 10.7. The van der Waals surface area contributed by atoms with Crippen molar-refractivity contribution in [1.82, 2.24) is 0 Å². The Morgan fingerprint density at radius 3 is 2.67 bits per heavy atom. The molecule has 0 saturated heterocycles. The molecule has 0 amide bonds. The van der Waals surface area contributed by atoms with E-state index in [1.807, 2.05) is 22.7 Å². The third-order valence-corrected chi connectivity index (χ3v) is 4.71. The Kier molecular flexibility index (Phi) is 3.57. The molecule has 0 aliphatic heterocycles. The van der Waals surface area contributed by atoms with Crippen LogP contribution in [0.5, 0.6) is 0 Å². The van der Waals surface area contributed by atoms with Crippen LogP contribution in [0.25, 0.3) is 0 Å². The molecule has 2 N–H and O–H groups in total. The maximum atomic E-state index is 5.84. The number of aryl methyl sites for hydroxylation is 1. The van der Waals surface area contributed by atoms with Crippen LogP contribution in [0, 0.1) is 6.92 Å². The van der Waals surface area contributed by atoms with E-state index in [0.717, 1.165) is 13.0 Å². The van der Waals surface area contributed by atoms with E-state index >= 15 is 0 Å². The predicted octanol–water partition coefficient (Wildman–Crippen LogP) is 3.40. The minimum absolute atomic E-state index is 0.488. The Morgan fingerprint density at radius 2 is 2.13 bits per heavy atom. The van der Waals surface area contributed by atoms with Gasteiger partial charge in [-0.3, -0.25) is 0 Å². The average molecular weight is 237 g/mol. The lowest BCUT2D eigenvalue weighted by molar-refractivity contribution is 0.712. The molecule has 0 saturated carbocycles.